The molecule has 0 amide bonds. The van der Waals surface area contributed by atoms with E-state index in [1.807, 2.05) is 0 Å². The summed E-state index contributed by atoms with van der Waals surface area (Å²) in [6.45, 7) is 3.68. The number of rotatable bonds is 4. The molecule has 0 bridgehead atoms. The van der Waals surface area contributed by atoms with E-state index in [4.69, 9.17) is 0 Å². The summed E-state index contributed by atoms with van der Waals surface area (Å²) in [5, 5.41) is 3.23. The first-order valence-corrected chi connectivity index (χ1v) is 6.47. The van der Waals surface area contributed by atoms with Crippen molar-refractivity contribution < 1.29 is 8.78 Å². The molecule has 0 radical (unpaired) electrons. The molecule has 1 aromatic carbocycles. The molecule has 1 aliphatic heterocycles. The molecule has 0 saturated carbocycles. The normalized spacial score (nSPS) is 22.3. The molecule has 2 rings (SSSR count). The monoisotopic (exact) mass is 254 g/mol. The molecule has 2 nitrogen and oxygen atoms in total. The minimum Gasteiger partial charge on any atom is -0.308 e. The second kappa shape index (κ2) is 5.76. The number of likely N-dealkylation sites (tertiary alicyclic amines) is 1. The topological polar surface area (TPSA) is 15.3 Å². The van der Waals surface area contributed by atoms with E-state index in [1.165, 1.54) is 24.6 Å². The maximum Gasteiger partial charge on any atom is 0.130 e. The van der Waals surface area contributed by atoms with Crippen LogP contribution >= 0.6 is 0 Å². The van der Waals surface area contributed by atoms with Gasteiger partial charge in [-0.1, -0.05) is 6.07 Å². The van der Waals surface area contributed by atoms with Gasteiger partial charge < -0.3 is 10.2 Å². The van der Waals surface area contributed by atoms with E-state index >= 15 is 0 Å². The Morgan fingerprint density at radius 1 is 1.39 bits per heavy atom. The average molecular weight is 254 g/mol. The lowest BCUT2D eigenvalue weighted by Crippen LogP contribution is -2.36. The molecular weight excluding hydrogens is 234 g/mol. The van der Waals surface area contributed by atoms with E-state index in [2.05, 4.69) is 17.3 Å². The van der Waals surface area contributed by atoms with Crippen LogP contribution in [0.5, 0.6) is 0 Å². The molecule has 0 aliphatic carbocycles. The number of nitrogens with one attached hydrogen (secondary N) is 1. The summed E-state index contributed by atoms with van der Waals surface area (Å²) in [5.74, 6) is -0.954. The third-order valence-electron chi connectivity index (χ3n) is 3.76. The van der Waals surface area contributed by atoms with E-state index in [0.29, 0.717) is 6.04 Å². The zero-order chi connectivity index (χ0) is 13.1. The second-order valence-electron chi connectivity index (χ2n) is 5.04. The van der Waals surface area contributed by atoms with E-state index in [-0.39, 0.29) is 11.6 Å². The smallest absolute Gasteiger partial charge is 0.130 e. The van der Waals surface area contributed by atoms with Gasteiger partial charge in [-0.3, -0.25) is 0 Å². The van der Waals surface area contributed by atoms with Crippen molar-refractivity contribution in [3.63, 3.8) is 0 Å². The summed E-state index contributed by atoms with van der Waals surface area (Å²) in [6.07, 6.45) is 2.35. The summed E-state index contributed by atoms with van der Waals surface area (Å²) in [6, 6.07) is 4.17. The highest BCUT2D eigenvalue weighted by Crippen LogP contribution is 2.21. The maximum absolute atomic E-state index is 13.6. The first-order chi connectivity index (χ1) is 8.59. The molecule has 1 fully saturated rings. The fourth-order valence-corrected chi connectivity index (χ4v) is 2.58. The Kier molecular flexibility index (Phi) is 4.30. The molecule has 0 aromatic heterocycles. The molecule has 1 saturated heterocycles. The van der Waals surface area contributed by atoms with Crippen molar-refractivity contribution in [3.05, 3.63) is 35.4 Å². The van der Waals surface area contributed by atoms with Crippen molar-refractivity contribution in [2.45, 2.75) is 31.8 Å². The fourth-order valence-electron chi connectivity index (χ4n) is 2.58. The molecule has 1 heterocycles. The molecule has 1 N–H and O–H groups in total. The minimum absolute atomic E-state index is 0.137. The van der Waals surface area contributed by atoms with Crippen molar-refractivity contribution >= 4 is 0 Å². The van der Waals surface area contributed by atoms with Crippen LogP contribution < -0.4 is 5.32 Å². The Morgan fingerprint density at radius 2 is 2.06 bits per heavy atom. The van der Waals surface area contributed by atoms with E-state index in [9.17, 15) is 8.78 Å². The van der Waals surface area contributed by atoms with Crippen molar-refractivity contribution in [2.75, 3.05) is 20.1 Å². The van der Waals surface area contributed by atoms with Crippen molar-refractivity contribution in [1.29, 1.82) is 0 Å². The van der Waals surface area contributed by atoms with Crippen LogP contribution in [0, 0.1) is 11.6 Å². The third-order valence-corrected chi connectivity index (χ3v) is 3.76. The van der Waals surface area contributed by atoms with Crippen LogP contribution in [0.25, 0.3) is 0 Å². The Hall–Kier alpha value is -1.00. The maximum atomic E-state index is 13.6. The van der Waals surface area contributed by atoms with Gasteiger partial charge >= 0.3 is 0 Å². The van der Waals surface area contributed by atoms with E-state index in [1.54, 1.807) is 6.92 Å². The number of hydrogen-bond acceptors (Lipinski definition) is 2. The minimum atomic E-state index is -0.477. The Morgan fingerprint density at radius 3 is 2.61 bits per heavy atom. The number of hydrogen-bond donors (Lipinski definition) is 1. The standard InChI is InChI=1S/C14H20F2N2/c1-10(14-12(15)6-3-7-13(14)16)17-9-11-5-4-8-18(11)2/h3,6-7,10-11,17H,4-5,8-9H2,1-2H3. The third kappa shape index (κ3) is 2.87. The van der Waals surface area contributed by atoms with Gasteiger partial charge in [0, 0.05) is 24.2 Å². The SMILES string of the molecule is CC(NCC1CCCN1C)c1c(F)cccc1F. The summed E-state index contributed by atoms with van der Waals surface area (Å²) < 4.78 is 27.2. The van der Waals surface area contributed by atoms with Gasteiger partial charge in [0.2, 0.25) is 0 Å². The first kappa shape index (κ1) is 13.4. The van der Waals surface area contributed by atoms with Gasteiger partial charge in [-0.25, -0.2) is 8.78 Å². The van der Waals surface area contributed by atoms with Gasteiger partial charge in [0.15, 0.2) is 0 Å². The van der Waals surface area contributed by atoms with E-state index < -0.39 is 11.6 Å². The molecule has 100 valence electrons. The van der Waals surface area contributed by atoms with Crippen LogP contribution in [-0.2, 0) is 0 Å². The highest BCUT2D eigenvalue weighted by molar-refractivity contribution is 5.22. The van der Waals surface area contributed by atoms with Crippen molar-refractivity contribution in [3.8, 4) is 0 Å². The van der Waals surface area contributed by atoms with Crippen LogP contribution in [0.3, 0.4) is 0 Å². The number of halogens is 2. The van der Waals surface area contributed by atoms with Gasteiger partial charge in [0.05, 0.1) is 0 Å². The Bertz CT molecular complexity index is 389. The van der Waals surface area contributed by atoms with Crippen LogP contribution in [0.4, 0.5) is 8.78 Å². The highest BCUT2D eigenvalue weighted by Gasteiger charge is 2.22. The molecule has 2 unspecified atom stereocenters. The van der Waals surface area contributed by atoms with Crippen LogP contribution in [0.1, 0.15) is 31.4 Å². The summed E-state index contributed by atoms with van der Waals surface area (Å²) in [7, 11) is 2.09. The molecule has 2 atom stereocenters. The van der Waals surface area contributed by atoms with Gasteiger partial charge in [-0.15, -0.1) is 0 Å². The Labute approximate surface area is 107 Å². The predicted molar refractivity (Wildman–Crippen MR) is 68.4 cm³/mol. The van der Waals surface area contributed by atoms with E-state index in [0.717, 1.165) is 19.5 Å². The molecule has 1 aliphatic rings. The first-order valence-electron chi connectivity index (χ1n) is 6.47. The van der Waals surface area contributed by atoms with Crippen molar-refractivity contribution in [2.24, 2.45) is 0 Å². The van der Waals surface area contributed by atoms with Gasteiger partial charge in [-0.2, -0.15) is 0 Å². The lowest BCUT2D eigenvalue weighted by molar-refractivity contribution is 0.292. The van der Waals surface area contributed by atoms with Crippen LogP contribution in [0.15, 0.2) is 18.2 Å². The molecular formula is C14H20F2N2. The van der Waals surface area contributed by atoms with Gasteiger partial charge in [0.25, 0.3) is 0 Å². The molecule has 0 spiro atoms. The highest BCUT2D eigenvalue weighted by atomic mass is 19.1. The molecule has 18 heavy (non-hydrogen) atoms. The predicted octanol–water partition coefficient (Wildman–Crippen LogP) is 2.71. The quantitative estimate of drug-likeness (QED) is 0.888. The lowest BCUT2D eigenvalue weighted by atomic mass is 10.1. The second-order valence-corrected chi connectivity index (χ2v) is 5.04. The van der Waals surface area contributed by atoms with Crippen LogP contribution in [0.2, 0.25) is 0 Å². The Balaban J connectivity index is 1.97. The summed E-state index contributed by atoms with van der Waals surface area (Å²) >= 11 is 0. The number of benzene rings is 1. The summed E-state index contributed by atoms with van der Waals surface area (Å²) in [4.78, 5) is 2.29. The van der Waals surface area contributed by atoms with Crippen LogP contribution in [-0.4, -0.2) is 31.1 Å². The average Bonchev–Trinajstić information content (AvgIpc) is 2.72. The summed E-state index contributed by atoms with van der Waals surface area (Å²) in [5.41, 5.74) is 0.137. The van der Waals surface area contributed by atoms with Gasteiger partial charge in [-0.05, 0) is 45.5 Å². The lowest BCUT2D eigenvalue weighted by Gasteiger charge is -2.23. The number of likely N-dealkylation sites (N-methyl/N-ethyl adjacent to an activating group) is 1. The fraction of sp³-hybridized carbons (Fsp3) is 0.571. The zero-order valence-electron chi connectivity index (χ0n) is 10.9. The largest absolute Gasteiger partial charge is 0.308 e. The molecule has 4 heteroatoms. The zero-order valence-corrected chi connectivity index (χ0v) is 10.9. The number of nitrogens with zero attached hydrogens (tertiary/aromatic N) is 1. The molecule has 1 aromatic rings. The van der Waals surface area contributed by atoms with Gasteiger partial charge in [0.1, 0.15) is 11.6 Å². The van der Waals surface area contributed by atoms with Crippen molar-refractivity contribution in [1.82, 2.24) is 10.2 Å².